The number of esters is 1. The van der Waals surface area contributed by atoms with Crippen LogP contribution in [0, 0.1) is 5.92 Å². The van der Waals surface area contributed by atoms with Crippen LogP contribution in [-0.4, -0.2) is 57.6 Å². The van der Waals surface area contributed by atoms with Gasteiger partial charge in [-0.2, -0.15) is 0 Å². The van der Waals surface area contributed by atoms with Crippen molar-refractivity contribution in [3.63, 3.8) is 0 Å². The maximum Gasteiger partial charge on any atom is 0.311 e. The van der Waals surface area contributed by atoms with Crippen LogP contribution in [0.15, 0.2) is 12.1 Å². The van der Waals surface area contributed by atoms with Crippen molar-refractivity contribution in [1.29, 1.82) is 0 Å². The van der Waals surface area contributed by atoms with Crippen LogP contribution in [0.3, 0.4) is 0 Å². The van der Waals surface area contributed by atoms with Gasteiger partial charge in [-0.1, -0.05) is 0 Å². The number of hydrogen-bond acceptors (Lipinski definition) is 7. The van der Waals surface area contributed by atoms with Crippen LogP contribution in [0.5, 0.6) is 17.2 Å². The van der Waals surface area contributed by atoms with Crippen LogP contribution in [-0.2, 0) is 14.3 Å². The molecule has 1 heterocycles. The molecule has 0 spiro atoms. The number of carbonyl (C=O) groups is 2. The molecule has 26 heavy (non-hydrogen) atoms. The average Bonchev–Trinajstić information content (AvgIpc) is 3.03. The molecule has 2 rings (SSSR count). The predicted molar refractivity (Wildman–Crippen MR) is 93.0 cm³/mol. The summed E-state index contributed by atoms with van der Waals surface area (Å²) in [6.07, 6.45) is -0.162. The van der Waals surface area contributed by atoms with Crippen LogP contribution in [0.1, 0.15) is 24.8 Å². The summed E-state index contributed by atoms with van der Waals surface area (Å²) in [5.74, 6) is -0.859. The molecule has 144 valence electrons. The topological polar surface area (TPSA) is 103 Å². The van der Waals surface area contributed by atoms with E-state index >= 15 is 0 Å². The Kier molecular flexibility index (Phi) is 6.68. The van der Waals surface area contributed by atoms with E-state index in [1.54, 1.807) is 19.1 Å². The minimum absolute atomic E-state index is 0.162. The first kappa shape index (κ1) is 19.8. The molecule has 0 bridgehead atoms. The minimum Gasteiger partial charge on any atom is -0.493 e. The molecule has 8 heteroatoms. The lowest BCUT2D eigenvalue weighted by Crippen LogP contribution is -2.35. The van der Waals surface area contributed by atoms with E-state index in [-0.39, 0.29) is 18.9 Å². The first-order chi connectivity index (χ1) is 12.5. The van der Waals surface area contributed by atoms with E-state index in [2.05, 4.69) is 5.32 Å². The number of ether oxygens (including phenoxy) is 4. The van der Waals surface area contributed by atoms with Crippen molar-refractivity contribution in [3.05, 3.63) is 17.7 Å². The molecule has 8 nitrogen and oxygen atoms in total. The first-order valence-electron chi connectivity index (χ1n) is 8.38. The monoisotopic (exact) mass is 367 g/mol. The molecule has 0 amide bonds. The third-order valence-electron chi connectivity index (χ3n) is 4.54. The second-order valence-electron chi connectivity index (χ2n) is 5.96. The van der Waals surface area contributed by atoms with Gasteiger partial charge in [0.05, 0.1) is 40.3 Å². The Morgan fingerprint density at radius 3 is 2.23 bits per heavy atom. The highest BCUT2D eigenvalue weighted by Crippen LogP contribution is 2.43. The highest BCUT2D eigenvalue weighted by atomic mass is 16.5. The van der Waals surface area contributed by atoms with Gasteiger partial charge in [0.1, 0.15) is 0 Å². The Balaban J connectivity index is 2.44. The van der Waals surface area contributed by atoms with Crippen molar-refractivity contribution in [2.45, 2.75) is 25.3 Å². The van der Waals surface area contributed by atoms with Gasteiger partial charge in [0.15, 0.2) is 11.5 Å². The van der Waals surface area contributed by atoms with Crippen LogP contribution >= 0.6 is 0 Å². The number of methoxy groups -OCH3 is 3. The summed E-state index contributed by atoms with van der Waals surface area (Å²) in [5, 5.41) is 12.3. The normalized spacial score (nSPS) is 21.9. The van der Waals surface area contributed by atoms with Gasteiger partial charge in [0.25, 0.3) is 0 Å². The van der Waals surface area contributed by atoms with Gasteiger partial charge < -0.3 is 29.4 Å². The van der Waals surface area contributed by atoms with E-state index in [1.165, 1.54) is 21.3 Å². The summed E-state index contributed by atoms with van der Waals surface area (Å²) < 4.78 is 21.3. The number of aliphatic carboxylic acids is 1. The van der Waals surface area contributed by atoms with Gasteiger partial charge in [-0.3, -0.25) is 9.59 Å². The first-order valence-corrected chi connectivity index (χ1v) is 8.38. The fourth-order valence-electron chi connectivity index (χ4n) is 3.41. The number of hydrogen-bond donors (Lipinski definition) is 2. The summed E-state index contributed by atoms with van der Waals surface area (Å²) in [7, 11) is 4.55. The van der Waals surface area contributed by atoms with E-state index in [0.717, 1.165) is 5.56 Å². The number of rotatable bonds is 8. The Labute approximate surface area is 152 Å². The zero-order valence-electron chi connectivity index (χ0n) is 15.4. The molecule has 1 aliphatic rings. The molecule has 1 aromatic carbocycles. The molecule has 1 saturated heterocycles. The number of carbonyl (C=O) groups excluding carboxylic acids is 1. The van der Waals surface area contributed by atoms with Crippen molar-refractivity contribution in [1.82, 2.24) is 5.32 Å². The van der Waals surface area contributed by atoms with E-state index in [1.807, 2.05) is 0 Å². The highest BCUT2D eigenvalue weighted by molar-refractivity contribution is 5.77. The van der Waals surface area contributed by atoms with Crippen molar-refractivity contribution >= 4 is 11.9 Å². The Morgan fingerprint density at radius 1 is 1.15 bits per heavy atom. The van der Waals surface area contributed by atoms with Crippen molar-refractivity contribution in [2.75, 3.05) is 34.5 Å². The average molecular weight is 367 g/mol. The molecular weight excluding hydrogens is 342 g/mol. The Morgan fingerprint density at radius 2 is 1.77 bits per heavy atom. The minimum atomic E-state index is -0.970. The molecule has 3 atom stereocenters. The highest BCUT2D eigenvalue weighted by Gasteiger charge is 2.44. The number of carboxylic acid groups (broad SMARTS) is 1. The van der Waals surface area contributed by atoms with Gasteiger partial charge in [-0.15, -0.1) is 0 Å². The van der Waals surface area contributed by atoms with Gasteiger partial charge >= 0.3 is 11.9 Å². The van der Waals surface area contributed by atoms with Crippen LogP contribution < -0.4 is 19.5 Å². The molecule has 0 radical (unpaired) electrons. The van der Waals surface area contributed by atoms with Crippen molar-refractivity contribution in [3.8, 4) is 17.2 Å². The third-order valence-corrected chi connectivity index (χ3v) is 4.54. The quantitative estimate of drug-likeness (QED) is 0.665. The van der Waals surface area contributed by atoms with E-state index in [0.29, 0.717) is 23.8 Å². The van der Waals surface area contributed by atoms with Gasteiger partial charge in [0, 0.05) is 18.5 Å². The summed E-state index contributed by atoms with van der Waals surface area (Å²) in [5.41, 5.74) is 0.790. The molecule has 1 aromatic rings. The predicted octanol–water partition coefficient (Wildman–Crippen LogP) is 1.42. The van der Waals surface area contributed by atoms with Crippen LogP contribution in [0.4, 0.5) is 0 Å². The fraction of sp³-hybridized carbons (Fsp3) is 0.556. The molecule has 0 unspecified atom stereocenters. The summed E-state index contributed by atoms with van der Waals surface area (Å²) in [6, 6.07) is 3.06. The molecule has 0 aromatic heterocycles. The van der Waals surface area contributed by atoms with E-state index in [9.17, 15) is 9.59 Å². The van der Waals surface area contributed by atoms with Gasteiger partial charge in [-0.25, -0.2) is 0 Å². The number of carboxylic acids is 1. The van der Waals surface area contributed by atoms with Crippen molar-refractivity contribution in [2.24, 2.45) is 5.92 Å². The van der Waals surface area contributed by atoms with Gasteiger partial charge in [-0.05, 0) is 24.6 Å². The molecular formula is C18H25NO7. The van der Waals surface area contributed by atoms with E-state index in [4.69, 9.17) is 24.1 Å². The zero-order chi connectivity index (χ0) is 19.3. The standard InChI is InChI=1S/C18H25NO7/c1-5-26-18(22)16-11(9-19-12(16)8-15(20)21)10-6-13(23-2)17(25-4)14(7-10)24-3/h6-7,11-12,16,19H,5,8-9H2,1-4H3,(H,20,21)/t11-,12+,16-/m0/s1. The SMILES string of the molecule is CCOC(=O)[C@@H]1[C@@H](CC(=O)O)NC[C@H]1c1cc(OC)c(OC)c(OC)c1. The number of benzene rings is 1. The lowest BCUT2D eigenvalue weighted by atomic mass is 9.84. The molecule has 2 N–H and O–H groups in total. The Hall–Kier alpha value is -2.48. The van der Waals surface area contributed by atoms with Crippen LogP contribution in [0.2, 0.25) is 0 Å². The van der Waals surface area contributed by atoms with Crippen LogP contribution in [0.25, 0.3) is 0 Å². The summed E-state index contributed by atoms with van der Waals surface area (Å²) in [4.78, 5) is 23.7. The maximum atomic E-state index is 12.5. The fourth-order valence-corrected chi connectivity index (χ4v) is 3.41. The molecule has 1 fully saturated rings. The second-order valence-corrected chi connectivity index (χ2v) is 5.96. The Bertz CT molecular complexity index is 636. The summed E-state index contributed by atoms with van der Waals surface area (Å²) >= 11 is 0. The molecule has 1 aliphatic heterocycles. The smallest absolute Gasteiger partial charge is 0.311 e. The maximum absolute atomic E-state index is 12.5. The van der Waals surface area contributed by atoms with Gasteiger partial charge in [0.2, 0.25) is 5.75 Å². The lowest BCUT2D eigenvalue weighted by molar-refractivity contribution is -0.149. The lowest BCUT2D eigenvalue weighted by Gasteiger charge is -2.23. The van der Waals surface area contributed by atoms with E-state index < -0.39 is 23.9 Å². The van der Waals surface area contributed by atoms with Crippen molar-refractivity contribution < 1.29 is 33.6 Å². The largest absolute Gasteiger partial charge is 0.493 e. The second kappa shape index (κ2) is 8.75. The number of nitrogens with one attached hydrogen (secondary N) is 1. The third kappa shape index (κ3) is 4.01. The molecule has 0 aliphatic carbocycles. The molecule has 0 saturated carbocycles. The zero-order valence-corrected chi connectivity index (χ0v) is 15.4. The summed E-state index contributed by atoms with van der Waals surface area (Å²) in [6.45, 7) is 2.40.